The third-order valence-electron chi connectivity index (χ3n) is 2.18. The number of hydrogen-bond acceptors (Lipinski definition) is 4. The van der Waals surface area contributed by atoms with Crippen molar-refractivity contribution in [1.29, 1.82) is 0 Å². The SMILES string of the molecule is COc1cccc(CNC(=O)CCC(=O)[O-])c1. The summed E-state index contributed by atoms with van der Waals surface area (Å²) in [6.07, 6.45) is -0.323. The van der Waals surface area contributed by atoms with E-state index < -0.39 is 5.97 Å². The molecule has 17 heavy (non-hydrogen) atoms. The predicted octanol–water partition coefficient (Wildman–Crippen LogP) is -0.159. The van der Waals surface area contributed by atoms with Crippen LogP contribution in [-0.4, -0.2) is 19.0 Å². The number of rotatable bonds is 6. The molecule has 0 spiro atoms. The number of nitrogens with one attached hydrogen (secondary N) is 1. The van der Waals surface area contributed by atoms with Crippen LogP contribution in [0.15, 0.2) is 24.3 Å². The molecule has 0 fully saturated rings. The van der Waals surface area contributed by atoms with Gasteiger partial charge in [-0.25, -0.2) is 0 Å². The lowest BCUT2D eigenvalue weighted by Gasteiger charge is -2.07. The zero-order valence-electron chi connectivity index (χ0n) is 9.56. The van der Waals surface area contributed by atoms with E-state index in [-0.39, 0.29) is 18.7 Å². The van der Waals surface area contributed by atoms with E-state index in [4.69, 9.17) is 4.74 Å². The number of benzene rings is 1. The predicted molar refractivity (Wildman–Crippen MR) is 59.1 cm³/mol. The van der Waals surface area contributed by atoms with Crippen LogP contribution in [0.25, 0.3) is 0 Å². The molecule has 0 aliphatic heterocycles. The molecule has 5 nitrogen and oxygen atoms in total. The van der Waals surface area contributed by atoms with Gasteiger partial charge in [-0.15, -0.1) is 0 Å². The lowest BCUT2D eigenvalue weighted by Crippen LogP contribution is -2.27. The second-order valence-corrected chi connectivity index (χ2v) is 3.50. The van der Waals surface area contributed by atoms with Crippen molar-refractivity contribution in [3.05, 3.63) is 29.8 Å². The maximum absolute atomic E-state index is 11.2. The fraction of sp³-hybridized carbons (Fsp3) is 0.333. The summed E-state index contributed by atoms with van der Waals surface area (Å²) >= 11 is 0. The minimum Gasteiger partial charge on any atom is -0.550 e. The largest absolute Gasteiger partial charge is 0.550 e. The minimum atomic E-state index is -1.22. The first kappa shape index (κ1) is 13.0. The molecule has 0 unspecified atom stereocenters. The number of aliphatic carboxylic acids is 1. The topological polar surface area (TPSA) is 78.5 Å². The second kappa shape index (κ2) is 6.52. The number of carbonyl (C=O) groups excluding carboxylic acids is 2. The molecule has 0 saturated heterocycles. The molecule has 0 radical (unpaired) electrons. The molecule has 1 rings (SSSR count). The molecular weight excluding hydrogens is 222 g/mol. The number of amides is 1. The Balaban J connectivity index is 2.39. The molecule has 0 aliphatic carbocycles. The van der Waals surface area contributed by atoms with Crippen LogP contribution < -0.4 is 15.2 Å². The fourth-order valence-electron chi connectivity index (χ4n) is 1.29. The normalized spacial score (nSPS) is 9.71. The van der Waals surface area contributed by atoms with E-state index in [1.165, 1.54) is 0 Å². The maximum atomic E-state index is 11.2. The highest BCUT2D eigenvalue weighted by atomic mass is 16.5. The van der Waals surface area contributed by atoms with Crippen LogP contribution in [-0.2, 0) is 16.1 Å². The molecule has 1 amide bonds. The Kier molecular flexibility index (Phi) is 5.00. The van der Waals surface area contributed by atoms with Crippen molar-refractivity contribution < 1.29 is 19.4 Å². The molecule has 1 N–H and O–H groups in total. The third-order valence-corrected chi connectivity index (χ3v) is 2.18. The van der Waals surface area contributed by atoms with Gasteiger partial charge < -0.3 is 20.0 Å². The van der Waals surface area contributed by atoms with Gasteiger partial charge in [-0.05, 0) is 24.1 Å². The number of carboxylic acid groups (broad SMARTS) is 1. The Hall–Kier alpha value is -2.04. The van der Waals surface area contributed by atoms with Gasteiger partial charge in [0.2, 0.25) is 5.91 Å². The third kappa shape index (κ3) is 5.01. The summed E-state index contributed by atoms with van der Waals surface area (Å²) < 4.78 is 5.04. The average Bonchev–Trinajstić information content (AvgIpc) is 2.34. The zero-order valence-corrected chi connectivity index (χ0v) is 9.56. The van der Waals surface area contributed by atoms with E-state index in [1.807, 2.05) is 12.1 Å². The van der Waals surface area contributed by atoms with Crippen molar-refractivity contribution in [1.82, 2.24) is 5.32 Å². The molecule has 5 heteroatoms. The van der Waals surface area contributed by atoms with Gasteiger partial charge in [-0.3, -0.25) is 4.79 Å². The van der Waals surface area contributed by atoms with Gasteiger partial charge >= 0.3 is 0 Å². The van der Waals surface area contributed by atoms with Gasteiger partial charge in [0.15, 0.2) is 0 Å². The van der Waals surface area contributed by atoms with Crippen LogP contribution in [0, 0.1) is 0 Å². The fourth-order valence-corrected chi connectivity index (χ4v) is 1.29. The highest BCUT2D eigenvalue weighted by Crippen LogP contribution is 2.12. The van der Waals surface area contributed by atoms with E-state index in [9.17, 15) is 14.7 Å². The van der Waals surface area contributed by atoms with Gasteiger partial charge in [0, 0.05) is 18.9 Å². The van der Waals surface area contributed by atoms with Gasteiger partial charge in [-0.2, -0.15) is 0 Å². The summed E-state index contributed by atoms with van der Waals surface area (Å²) in [5.41, 5.74) is 0.895. The van der Waals surface area contributed by atoms with Gasteiger partial charge in [0.1, 0.15) is 5.75 Å². The van der Waals surface area contributed by atoms with E-state index in [0.29, 0.717) is 12.3 Å². The van der Waals surface area contributed by atoms with Crippen LogP contribution in [0.1, 0.15) is 18.4 Å². The Morgan fingerprint density at radius 2 is 2.12 bits per heavy atom. The van der Waals surface area contributed by atoms with E-state index >= 15 is 0 Å². The summed E-state index contributed by atoms with van der Waals surface area (Å²) in [6.45, 7) is 0.350. The molecule has 0 atom stereocenters. The van der Waals surface area contributed by atoms with Crippen LogP contribution in [0.3, 0.4) is 0 Å². The number of carboxylic acids is 1. The van der Waals surface area contributed by atoms with Crippen molar-refractivity contribution >= 4 is 11.9 Å². The number of hydrogen-bond donors (Lipinski definition) is 1. The van der Waals surface area contributed by atoms with Crippen LogP contribution in [0.5, 0.6) is 5.75 Å². The quantitative estimate of drug-likeness (QED) is 0.744. The summed E-state index contributed by atoms with van der Waals surface area (Å²) in [6, 6.07) is 7.28. The van der Waals surface area contributed by atoms with Gasteiger partial charge in [0.25, 0.3) is 0 Å². The van der Waals surface area contributed by atoms with Gasteiger partial charge in [0.05, 0.1) is 7.11 Å². The monoisotopic (exact) mass is 236 g/mol. The maximum Gasteiger partial charge on any atom is 0.220 e. The zero-order chi connectivity index (χ0) is 12.7. The Labute approximate surface area is 99.4 Å². The highest BCUT2D eigenvalue weighted by molar-refractivity contribution is 5.79. The molecule has 0 aliphatic rings. The van der Waals surface area contributed by atoms with Crippen molar-refractivity contribution in [2.24, 2.45) is 0 Å². The van der Waals surface area contributed by atoms with Crippen LogP contribution >= 0.6 is 0 Å². The molecule has 92 valence electrons. The summed E-state index contributed by atoms with van der Waals surface area (Å²) in [7, 11) is 1.57. The molecule has 1 aromatic carbocycles. The molecule has 0 aromatic heterocycles. The second-order valence-electron chi connectivity index (χ2n) is 3.50. The Morgan fingerprint density at radius 1 is 1.35 bits per heavy atom. The first-order chi connectivity index (χ1) is 8.11. The molecular formula is C12H14NO4-. The number of carbonyl (C=O) groups is 2. The first-order valence-corrected chi connectivity index (χ1v) is 5.21. The van der Waals surface area contributed by atoms with E-state index in [0.717, 1.165) is 5.56 Å². The summed E-state index contributed by atoms with van der Waals surface area (Å²) in [5.74, 6) is -0.815. The standard InChI is InChI=1S/C12H15NO4/c1-17-10-4-2-3-9(7-10)8-13-11(14)5-6-12(15)16/h2-4,7H,5-6,8H2,1H3,(H,13,14)(H,15,16)/p-1. The van der Waals surface area contributed by atoms with Crippen molar-refractivity contribution in [2.75, 3.05) is 7.11 Å². The Bertz CT molecular complexity index is 403. The lowest BCUT2D eigenvalue weighted by atomic mass is 10.2. The van der Waals surface area contributed by atoms with Gasteiger partial charge in [-0.1, -0.05) is 12.1 Å². The van der Waals surface area contributed by atoms with Crippen molar-refractivity contribution in [3.63, 3.8) is 0 Å². The lowest BCUT2D eigenvalue weighted by molar-refractivity contribution is -0.305. The first-order valence-electron chi connectivity index (χ1n) is 5.21. The van der Waals surface area contributed by atoms with Crippen molar-refractivity contribution in [2.45, 2.75) is 19.4 Å². The smallest absolute Gasteiger partial charge is 0.220 e. The number of methoxy groups -OCH3 is 1. The van der Waals surface area contributed by atoms with Crippen LogP contribution in [0.2, 0.25) is 0 Å². The molecule has 0 saturated carbocycles. The molecule has 0 heterocycles. The van der Waals surface area contributed by atoms with Crippen LogP contribution in [0.4, 0.5) is 0 Å². The molecule has 1 aromatic rings. The van der Waals surface area contributed by atoms with E-state index in [2.05, 4.69) is 5.32 Å². The van der Waals surface area contributed by atoms with Crippen molar-refractivity contribution in [3.8, 4) is 5.75 Å². The average molecular weight is 236 g/mol. The summed E-state index contributed by atoms with van der Waals surface area (Å²) in [5, 5.41) is 12.8. The highest BCUT2D eigenvalue weighted by Gasteiger charge is 2.02. The summed E-state index contributed by atoms with van der Waals surface area (Å²) in [4.78, 5) is 21.4. The van der Waals surface area contributed by atoms with E-state index in [1.54, 1.807) is 19.2 Å². The number of ether oxygens (including phenoxy) is 1. The minimum absolute atomic E-state index is 0.0632. The Morgan fingerprint density at radius 3 is 2.76 bits per heavy atom. The molecule has 0 bridgehead atoms.